The Morgan fingerprint density at radius 2 is 2.17 bits per heavy atom. The first-order valence-electron chi connectivity index (χ1n) is 7.14. The van der Waals surface area contributed by atoms with E-state index in [0.29, 0.717) is 6.42 Å². The Labute approximate surface area is 139 Å². The Balaban J connectivity index is 2.34. The molecule has 23 heavy (non-hydrogen) atoms. The van der Waals surface area contributed by atoms with E-state index in [-0.39, 0.29) is 28.6 Å². The number of anilines is 1. The molecule has 0 bridgehead atoms. The second kappa shape index (κ2) is 6.88. The Bertz CT molecular complexity index is 748. The largest absolute Gasteiger partial charge is 0.478 e. The SMILES string of the molecule is CCC1CC=C(C(=O)O)C(S(=O)(=O)Nc2ccc(F)cc2Cl)C1. The van der Waals surface area contributed by atoms with Gasteiger partial charge in [-0.3, -0.25) is 4.72 Å². The molecular formula is C15H17ClFNO4S. The van der Waals surface area contributed by atoms with Gasteiger partial charge in [0.25, 0.3) is 0 Å². The van der Waals surface area contributed by atoms with Crippen molar-refractivity contribution in [3.05, 3.63) is 40.7 Å². The number of carbonyl (C=O) groups is 1. The number of halogens is 2. The number of hydrogen-bond donors (Lipinski definition) is 2. The van der Waals surface area contributed by atoms with Crippen molar-refractivity contribution in [2.75, 3.05) is 4.72 Å². The zero-order valence-electron chi connectivity index (χ0n) is 12.4. The lowest BCUT2D eigenvalue weighted by molar-refractivity contribution is -0.132. The summed E-state index contributed by atoms with van der Waals surface area (Å²) in [5, 5.41) is 8.00. The topological polar surface area (TPSA) is 83.5 Å². The van der Waals surface area contributed by atoms with Crippen molar-refractivity contribution in [2.45, 2.75) is 31.4 Å². The quantitative estimate of drug-likeness (QED) is 0.841. The third kappa shape index (κ3) is 4.03. The first kappa shape index (κ1) is 17.7. The van der Waals surface area contributed by atoms with Crippen LogP contribution in [-0.2, 0) is 14.8 Å². The fraction of sp³-hybridized carbons (Fsp3) is 0.400. The van der Waals surface area contributed by atoms with E-state index < -0.39 is 27.1 Å². The average Bonchev–Trinajstić information content (AvgIpc) is 2.49. The molecule has 0 spiro atoms. The standard InChI is InChI=1S/C15H17ClFNO4S/c1-2-9-3-5-11(15(19)20)14(7-9)23(21,22)18-13-6-4-10(17)8-12(13)16/h4-6,8-9,14,18H,2-3,7H2,1H3,(H,19,20). The van der Waals surface area contributed by atoms with E-state index in [1.165, 1.54) is 12.1 Å². The van der Waals surface area contributed by atoms with E-state index in [1.807, 2.05) is 6.92 Å². The number of rotatable bonds is 5. The predicted molar refractivity (Wildman–Crippen MR) is 86.5 cm³/mol. The fourth-order valence-electron chi connectivity index (χ4n) is 2.60. The number of carboxylic acid groups (broad SMARTS) is 1. The van der Waals surface area contributed by atoms with Crippen molar-refractivity contribution in [2.24, 2.45) is 5.92 Å². The van der Waals surface area contributed by atoms with Gasteiger partial charge in [-0.05, 0) is 37.0 Å². The number of hydrogen-bond acceptors (Lipinski definition) is 3. The highest BCUT2D eigenvalue weighted by Crippen LogP contribution is 2.33. The molecule has 0 heterocycles. The minimum absolute atomic E-state index is 0.0245. The number of nitrogens with one attached hydrogen (secondary N) is 1. The predicted octanol–water partition coefficient (Wildman–Crippen LogP) is 3.42. The van der Waals surface area contributed by atoms with Crippen LogP contribution in [0.5, 0.6) is 0 Å². The lowest BCUT2D eigenvalue weighted by Gasteiger charge is -2.27. The van der Waals surface area contributed by atoms with Gasteiger partial charge in [-0.25, -0.2) is 17.6 Å². The highest BCUT2D eigenvalue weighted by Gasteiger charge is 2.37. The molecule has 1 aromatic carbocycles. The zero-order chi connectivity index (χ0) is 17.2. The molecule has 2 N–H and O–H groups in total. The molecule has 0 radical (unpaired) electrons. The summed E-state index contributed by atoms with van der Waals surface area (Å²) in [6, 6.07) is 3.27. The lowest BCUT2D eigenvalue weighted by Crippen LogP contribution is -2.36. The van der Waals surface area contributed by atoms with Crippen LogP contribution in [0.4, 0.5) is 10.1 Å². The van der Waals surface area contributed by atoms with E-state index in [9.17, 15) is 22.7 Å². The van der Waals surface area contributed by atoms with Crippen LogP contribution in [0.2, 0.25) is 5.02 Å². The van der Waals surface area contributed by atoms with Crippen LogP contribution in [0.3, 0.4) is 0 Å². The maximum atomic E-state index is 13.1. The van der Waals surface area contributed by atoms with Crippen molar-refractivity contribution in [3.63, 3.8) is 0 Å². The summed E-state index contributed by atoms with van der Waals surface area (Å²) in [4.78, 5) is 11.3. The van der Waals surface area contributed by atoms with Crippen molar-refractivity contribution in [1.29, 1.82) is 0 Å². The molecule has 2 atom stereocenters. The van der Waals surface area contributed by atoms with Crippen LogP contribution in [-0.4, -0.2) is 24.7 Å². The van der Waals surface area contributed by atoms with Crippen LogP contribution in [0.25, 0.3) is 0 Å². The van der Waals surface area contributed by atoms with E-state index in [0.717, 1.165) is 18.6 Å². The summed E-state index contributed by atoms with van der Waals surface area (Å²) in [5.74, 6) is -1.74. The van der Waals surface area contributed by atoms with Crippen molar-refractivity contribution in [1.82, 2.24) is 0 Å². The van der Waals surface area contributed by atoms with Crippen LogP contribution in [0, 0.1) is 11.7 Å². The van der Waals surface area contributed by atoms with Crippen molar-refractivity contribution in [3.8, 4) is 0 Å². The normalized spacial score (nSPS) is 21.6. The number of carboxylic acids is 1. The highest BCUT2D eigenvalue weighted by molar-refractivity contribution is 7.93. The van der Waals surface area contributed by atoms with E-state index in [1.54, 1.807) is 0 Å². The Hall–Kier alpha value is -1.60. The molecule has 0 saturated carbocycles. The van der Waals surface area contributed by atoms with Gasteiger partial charge < -0.3 is 5.11 Å². The van der Waals surface area contributed by atoms with Gasteiger partial charge in [-0.2, -0.15) is 0 Å². The van der Waals surface area contributed by atoms with Gasteiger partial charge in [0.15, 0.2) is 0 Å². The van der Waals surface area contributed by atoms with Crippen molar-refractivity contribution < 1.29 is 22.7 Å². The molecule has 0 fully saturated rings. The Kier molecular flexibility index (Phi) is 5.31. The summed E-state index contributed by atoms with van der Waals surface area (Å²) >= 11 is 5.83. The molecule has 0 aliphatic heterocycles. The van der Waals surface area contributed by atoms with E-state index in [4.69, 9.17) is 11.6 Å². The third-order valence-corrected chi connectivity index (χ3v) is 5.96. The van der Waals surface area contributed by atoms with Gasteiger partial charge in [0, 0.05) is 0 Å². The molecule has 2 rings (SSSR count). The van der Waals surface area contributed by atoms with Gasteiger partial charge in [0.1, 0.15) is 11.1 Å². The summed E-state index contributed by atoms with van der Waals surface area (Å²) < 4.78 is 40.5. The van der Waals surface area contributed by atoms with Crippen LogP contribution in [0.1, 0.15) is 26.2 Å². The number of sulfonamides is 1. The first-order chi connectivity index (χ1) is 10.7. The summed E-state index contributed by atoms with van der Waals surface area (Å²) in [6.07, 6.45) is 2.99. The second-order valence-corrected chi connectivity index (χ2v) is 7.74. The molecule has 1 aliphatic rings. The molecule has 0 aromatic heterocycles. The minimum atomic E-state index is -4.01. The van der Waals surface area contributed by atoms with Crippen LogP contribution in [0.15, 0.2) is 29.8 Å². The van der Waals surface area contributed by atoms with Gasteiger partial charge >= 0.3 is 5.97 Å². The summed E-state index contributed by atoms with van der Waals surface area (Å²) in [7, 11) is -4.01. The number of allylic oxidation sites excluding steroid dienone is 1. The number of benzene rings is 1. The van der Waals surface area contributed by atoms with Gasteiger partial charge in [0.2, 0.25) is 10.0 Å². The molecule has 0 saturated heterocycles. The number of aliphatic carboxylic acids is 1. The molecule has 8 heteroatoms. The van der Waals surface area contributed by atoms with Gasteiger partial charge in [-0.15, -0.1) is 0 Å². The first-order valence-corrected chi connectivity index (χ1v) is 9.07. The summed E-state index contributed by atoms with van der Waals surface area (Å²) in [6.45, 7) is 1.93. The fourth-order valence-corrected chi connectivity index (χ4v) is 4.55. The molecule has 0 amide bonds. The smallest absolute Gasteiger partial charge is 0.332 e. The zero-order valence-corrected chi connectivity index (χ0v) is 14.0. The van der Waals surface area contributed by atoms with E-state index in [2.05, 4.69) is 4.72 Å². The molecular weight excluding hydrogens is 345 g/mol. The third-order valence-electron chi connectivity index (χ3n) is 3.95. The van der Waals surface area contributed by atoms with Gasteiger partial charge in [-0.1, -0.05) is 31.0 Å². The van der Waals surface area contributed by atoms with Crippen LogP contribution < -0.4 is 4.72 Å². The molecule has 1 aliphatic carbocycles. The molecule has 126 valence electrons. The Morgan fingerprint density at radius 1 is 1.48 bits per heavy atom. The lowest BCUT2D eigenvalue weighted by atomic mass is 9.87. The Morgan fingerprint density at radius 3 is 2.74 bits per heavy atom. The van der Waals surface area contributed by atoms with Crippen LogP contribution >= 0.6 is 11.6 Å². The maximum Gasteiger partial charge on any atom is 0.332 e. The summed E-state index contributed by atoms with van der Waals surface area (Å²) in [5.41, 5.74) is -0.114. The monoisotopic (exact) mass is 361 g/mol. The molecule has 5 nitrogen and oxygen atoms in total. The highest BCUT2D eigenvalue weighted by atomic mass is 35.5. The van der Waals surface area contributed by atoms with E-state index >= 15 is 0 Å². The minimum Gasteiger partial charge on any atom is -0.478 e. The molecule has 2 unspecified atom stereocenters. The average molecular weight is 362 g/mol. The van der Waals surface area contributed by atoms with Gasteiger partial charge in [0.05, 0.1) is 16.3 Å². The maximum absolute atomic E-state index is 13.1. The molecule has 1 aromatic rings. The second-order valence-electron chi connectivity index (χ2n) is 5.47. The van der Waals surface area contributed by atoms with Crippen molar-refractivity contribution >= 4 is 33.3 Å².